The van der Waals surface area contributed by atoms with E-state index in [0.29, 0.717) is 5.41 Å². The lowest BCUT2D eigenvalue weighted by Crippen LogP contribution is -2.38. The van der Waals surface area contributed by atoms with Crippen molar-refractivity contribution < 1.29 is 4.74 Å². The Balaban J connectivity index is 3.99. The van der Waals surface area contributed by atoms with Crippen LogP contribution in [0, 0.1) is 11.3 Å². The van der Waals surface area contributed by atoms with Crippen molar-refractivity contribution in [1.82, 2.24) is 5.32 Å². The summed E-state index contributed by atoms with van der Waals surface area (Å²) >= 11 is 0. The highest BCUT2D eigenvalue weighted by molar-refractivity contribution is 4.79. The van der Waals surface area contributed by atoms with Crippen LogP contribution in [0.15, 0.2) is 0 Å². The Bertz CT molecular complexity index is 141. The molecule has 2 heteroatoms. The number of hydrogen-bond donors (Lipinski definition) is 1. The second kappa shape index (κ2) is 8.12. The Morgan fingerprint density at radius 2 is 1.73 bits per heavy atom. The molecular weight excluding hydrogens is 186 g/mol. The minimum Gasteiger partial charge on any atom is -0.381 e. The smallest absolute Gasteiger partial charge is 0.0534 e. The summed E-state index contributed by atoms with van der Waals surface area (Å²) in [7, 11) is 0. The molecule has 0 aliphatic heterocycles. The van der Waals surface area contributed by atoms with Gasteiger partial charge in [0, 0.05) is 18.6 Å². The molecule has 0 rings (SSSR count). The van der Waals surface area contributed by atoms with E-state index >= 15 is 0 Å². The van der Waals surface area contributed by atoms with Crippen molar-refractivity contribution in [3.05, 3.63) is 0 Å². The van der Waals surface area contributed by atoms with E-state index in [1.807, 2.05) is 0 Å². The molecule has 1 N–H and O–H groups in total. The largest absolute Gasteiger partial charge is 0.381 e. The maximum Gasteiger partial charge on any atom is 0.0534 e. The van der Waals surface area contributed by atoms with E-state index in [1.165, 1.54) is 12.8 Å². The summed E-state index contributed by atoms with van der Waals surface area (Å²) in [5, 5.41) is 3.56. The van der Waals surface area contributed by atoms with Crippen molar-refractivity contribution in [2.24, 2.45) is 11.3 Å². The molecule has 0 heterocycles. The average molecular weight is 215 g/mol. The molecule has 0 radical (unpaired) electrons. The molecule has 15 heavy (non-hydrogen) atoms. The van der Waals surface area contributed by atoms with E-state index in [0.717, 1.165) is 32.2 Å². The van der Waals surface area contributed by atoms with Crippen LogP contribution in [0.5, 0.6) is 0 Å². The van der Waals surface area contributed by atoms with Crippen LogP contribution < -0.4 is 5.32 Å². The van der Waals surface area contributed by atoms with Crippen molar-refractivity contribution in [3.8, 4) is 0 Å². The second-order valence-electron chi connectivity index (χ2n) is 4.87. The molecule has 0 saturated carbocycles. The van der Waals surface area contributed by atoms with Crippen LogP contribution >= 0.6 is 0 Å². The summed E-state index contributed by atoms with van der Waals surface area (Å²) < 4.78 is 5.60. The zero-order valence-corrected chi connectivity index (χ0v) is 11.2. The third-order valence-corrected chi connectivity index (χ3v) is 3.16. The van der Waals surface area contributed by atoms with Gasteiger partial charge in [-0.1, -0.05) is 27.7 Å². The van der Waals surface area contributed by atoms with E-state index in [-0.39, 0.29) is 0 Å². The van der Waals surface area contributed by atoms with E-state index in [2.05, 4.69) is 39.9 Å². The highest BCUT2D eigenvalue weighted by atomic mass is 16.5. The molecule has 0 fully saturated rings. The monoisotopic (exact) mass is 215 g/mol. The van der Waals surface area contributed by atoms with Gasteiger partial charge in [0.25, 0.3) is 0 Å². The van der Waals surface area contributed by atoms with Gasteiger partial charge in [-0.25, -0.2) is 0 Å². The lowest BCUT2D eigenvalue weighted by molar-refractivity contribution is 0.0442. The summed E-state index contributed by atoms with van der Waals surface area (Å²) in [6.45, 7) is 15.0. The zero-order chi connectivity index (χ0) is 11.7. The Hall–Kier alpha value is -0.0800. The van der Waals surface area contributed by atoms with Crippen LogP contribution in [-0.2, 0) is 4.74 Å². The third kappa shape index (κ3) is 6.16. The van der Waals surface area contributed by atoms with Gasteiger partial charge in [0.1, 0.15) is 0 Å². The minimum atomic E-state index is 0.338. The molecule has 0 aliphatic carbocycles. The summed E-state index contributed by atoms with van der Waals surface area (Å²) in [6.07, 6.45) is 2.38. The summed E-state index contributed by atoms with van der Waals surface area (Å²) in [4.78, 5) is 0. The first-order valence-corrected chi connectivity index (χ1v) is 6.38. The zero-order valence-electron chi connectivity index (χ0n) is 11.2. The van der Waals surface area contributed by atoms with Crippen LogP contribution in [0.2, 0.25) is 0 Å². The van der Waals surface area contributed by atoms with Crippen molar-refractivity contribution in [2.75, 3.05) is 26.3 Å². The van der Waals surface area contributed by atoms with Gasteiger partial charge in [-0.05, 0) is 32.2 Å². The fraction of sp³-hybridized carbons (Fsp3) is 1.00. The first kappa shape index (κ1) is 14.9. The Morgan fingerprint density at radius 1 is 1.13 bits per heavy atom. The number of nitrogens with one attached hydrogen (secondary N) is 1. The molecule has 0 aromatic rings. The standard InChI is InChI=1S/C13H29NO/c1-6-13(7-2,11-15-8-3)10-14-9-12(4)5/h12,14H,6-11H2,1-5H3. The van der Waals surface area contributed by atoms with Crippen LogP contribution in [0.25, 0.3) is 0 Å². The third-order valence-electron chi connectivity index (χ3n) is 3.16. The molecule has 0 aromatic heterocycles. The molecule has 0 bridgehead atoms. The summed E-state index contributed by atoms with van der Waals surface area (Å²) in [5.74, 6) is 0.725. The van der Waals surface area contributed by atoms with Gasteiger partial charge in [-0.15, -0.1) is 0 Å². The van der Waals surface area contributed by atoms with Gasteiger partial charge in [0.05, 0.1) is 6.61 Å². The molecule has 2 nitrogen and oxygen atoms in total. The number of hydrogen-bond acceptors (Lipinski definition) is 2. The van der Waals surface area contributed by atoms with Gasteiger partial charge in [0.15, 0.2) is 0 Å². The van der Waals surface area contributed by atoms with Gasteiger partial charge in [-0.3, -0.25) is 0 Å². The topological polar surface area (TPSA) is 21.3 Å². The maximum atomic E-state index is 5.60. The molecule has 0 spiro atoms. The molecular formula is C13H29NO. The first-order valence-electron chi connectivity index (χ1n) is 6.38. The molecule has 0 unspecified atom stereocenters. The molecule has 0 aromatic carbocycles. The molecule has 0 saturated heterocycles. The van der Waals surface area contributed by atoms with Gasteiger partial charge >= 0.3 is 0 Å². The second-order valence-corrected chi connectivity index (χ2v) is 4.87. The van der Waals surface area contributed by atoms with Crippen molar-refractivity contribution in [1.29, 1.82) is 0 Å². The number of rotatable bonds is 9. The predicted molar refractivity (Wildman–Crippen MR) is 67.2 cm³/mol. The molecule has 0 atom stereocenters. The lowest BCUT2D eigenvalue weighted by Gasteiger charge is -2.32. The number of ether oxygens (including phenoxy) is 1. The SMILES string of the molecule is CCOCC(CC)(CC)CNCC(C)C. The van der Waals surface area contributed by atoms with E-state index in [4.69, 9.17) is 4.74 Å². The fourth-order valence-corrected chi connectivity index (χ4v) is 1.70. The van der Waals surface area contributed by atoms with Crippen molar-refractivity contribution in [2.45, 2.75) is 47.5 Å². The highest BCUT2D eigenvalue weighted by Crippen LogP contribution is 2.25. The van der Waals surface area contributed by atoms with E-state index in [9.17, 15) is 0 Å². The van der Waals surface area contributed by atoms with Gasteiger partial charge in [0.2, 0.25) is 0 Å². The highest BCUT2D eigenvalue weighted by Gasteiger charge is 2.25. The maximum absolute atomic E-state index is 5.60. The van der Waals surface area contributed by atoms with E-state index in [1.54, 1.807) is 0 Å². The van der Waals surface area contributed by atoms with Crippen molar-refractivity contribution >= 4 is 0 Å². The summed E-state index contributed by atoms with van der Waals surface area (Å²) in [5.41, 5.74) is 0.338. The molecule has 0 amide bonds. The van der Waals surface area contributed by atoms with Gasteiger partial charge in [-0.2, -0.15) is 0 Å². The van der Waals surface area contributed by atoms with Crippen LogP contribution in [0.4, 0.5) is 0 Å². The van der Waals surface area contributed by atoms with Crippen molar-refractivity contribution in [3.63, 3.8) is 0 Å². The quantitative estimate of drug-likeness (QED) is 0.638. The fourth-order valence-electron chi connectivity index (χ4n) is 1.70. The molecule has 0 aliphatic rings. The Labute approximate surface area is 95.8 Å². The summed E-state index contributed by atoms with van der Waals surface area (Å²) in [6, 6.07) is 0. The average Bonchev–Trinajstić information content (AvgIpc) is 2.23. The van der Waals surface area contributed by atoms with Crippen LogP contribution in [0.1, 0.15) is 47.5 Å². The van der Waals surface area contributed by atoms with Crippen LogP contribution in [-0.4, -0.2) is 26.3 Å². The van der Waals surface area contributed by atoms with E-state index < -0.39 is 0 Å². The van der Waals surface area contributed by atoms with Gasteiger partial charge < -0.3 is 10.1 Å². The predicted octanol–water partition coefficient (Wildman–Crippen LogP) is 3.07. The Morgan fingerprint density at radius 3 is 2.13 bits per heavy atom. The normalized spacial score (nSPS) is 12.4. The molecule has 92 valence electrons. The lowest BCUT2D eigenvalue weighted by atomic mass is 9.83. The Kier molecular flexibility index (Phi) is 8.07. The first-order chi connectivity index (χ1) is 7.10. The van der Waals surface area contributed by atoms with Crippen LogP contribution in [0.3, 0.4) is 0 Å². The minimum absolute atomic E-state index is 0.338.